The Labute approximate surface area is 188 Å². The van der Waals surface area contributed by atoms with E-state index in [9.17, 15) is 13.2 Å². The van der Waals surface area contributed by atoms with Crippen LogP contribution >= 0.6 is 0 Å². The average Bonchev–Trinajstić information content (AvgIpc) is 3.31. The molecule has 0 saturated carbocycles. The number of piperidine rings is 1. The Bertz CT molecular complexity index is 1130. The third kappa shape index (κ3) is 5.76. The van der Waals surface area contributed by atoms with Crippen LogP contribution in [0.15, 0.2) is 60.9 Å². The number of nitrogens with zero attached hydrogens (tertiary/aromatic N) is 2. The smallest absolute Gasteiger partial charge is 0.229 e. The summed E-state index contributed by atoms with van der Waals surface area (Å²) in [5, 5.41) is 0. The summed E-state index contributed by atoms with van der Waals surface area (Å²) >= 11 is 0. The maximum atomic E-state index is 12.5. The van der Waals surface area contributed by atoms with Gasteiger partial charge in [-0.05, 0) is 47.6 Å². The Morgan fingerprint density at radius 2 is 1.69 bits per heavy atom. The quantitative estimate of drug-likeness (QED) is 0.570. The number of aromatic nitrogens is 2. The number of hydrogen-bond donors (Lipinski definition) is 2. The van der Waals surface area contributed by atoms with Crippen LogP contribution in [0.2, 0.25) is 0 Å². The molecule has 2 aromatic carbocycles. The van der Waals surface area contributed by atoms with Crippen LogP contribution in [0.1, 0.15) is 36.6 Å². The monoisotopic (exact) mass is 452 g/mol. The molecule has 2 N–H and O–H groups in total. The summed E-state index contributed by atoms with van der Waals surface area (Å²) in [5.41, 5.74) is 3.97. The molecule has 1 aliphatic heterocycles. The third-order valence-corrected chi connectivity index (χ3v) is 6.49. The fourth-order valence-corrected chi connectivity index (χ4v) is 4.74. The Kier molecular flexibility index (Phi) is 6.60. The van der Waals surface area contributed by atoms with E-state index in [4.69, 9.17) is 0 Å². The van der Waals surface area contributed by atoms with Crippen molar-refractivity contribution in [1.82, 2.24) is 14.9 Å². The molecule has 0 atom stereocenters. The fourth-order valence-electron chi connectivity index (χ4n) is 4.17. The summed E-state index contributed by atoms with van der Waals surface area (Å²) in [6, 6.07) is 15.9. The molecule has 1 amide bonds. The highest BCUT2D eigenvalue weighted by Gasteiger charge is 2.23. The summed E-state index contributed by atoms with van der Waals surface area (Å²) in [4.78, 5) is 21.7. The highest BCUT2D eigenvalue weighted by Crippen LogP contribution is 2.30. The third-order valence-electron chi connectivity index (χ3n) is 5.88. The van der Waals surface area contributed by atoms with E-state index in [2.05, 4.69) is 39.0 Å². The van der Waals surface area contributed by atoms with Crippen molar-refractivity contribution in [1.29, 1.82) is 0 Å². The number of likely N-dealkylation sites (tertiary alicyclic amines) is 1. The first-order chi connectivity index (χ1) is 15.4. The lowest BCUT2D eigenvalue weighted by atomic mass is 9.88. The molecule has 0 bridgehead atoms. The van der Waals surface area contributed by atoms with Crippen molar-refractivity contribution >= 4 is 21.6 Å². The maximum Gasteiger partial charge on any atom is 0.229 e. The zero-order chi connectivity index (χ0) is 22.6. The fraction of sp³-hybridized carbons (Fsp3) is 0.333. The molecule has 0 aliphatic carbocycles. The van der Waals surface area contributed by atoms with Crippen molar-refractivity contribution in [2.75, 3.05) is 24.1 Å². The number of amides is 1. The van der Waals surface area contributed by atoms with Crippen molar-refractivity contribution < 1.29 is 13.2 Å². The first-order valence-corrected chi connectivity index (χ1v) is 12.7. The summed E-state index contributed by atoms with van der Waals surface area (Å²) in [5.74, 6) is 1.51. The topological polar surface area (TPSA) is 95.2 Å². The van der Waals surface area contributed by atoms with E-state index in [0.717, 1.165) is 49.1 Å². The SMILES string of the molecule is CS(=O)(=O)Nc1ccc(-c2ccc(C3CCN(C(=O)CCc4ncc[nH]4)CC3)cc2)cc1. The number of aromatic amines is 1. The normalized spacial score (nSPS) is 15.0. The van der Waals surface area contributed by atoms with Gasteiger partial charge in [-0.1, -0.05) is 36.4 Å². The number of rotatable bonds is 7. The number of nitrogens with one attached hydrogen (secondary N) is 2. The molecule has 0 unspecified atom stereocenters. The van der Waals surface area contributed by atoms with E-state index in [1.807, 2.05) is 17.0 Å². The van der Waals surface area contributed by atoms with Crippen LogP contribution < -0.4 is 4.72 Å². The molecule has 1 saturated heterocycles. The molecule has 8 heteroatoms. The molecule has 1 aliphatic rings. The number of hydrogen-bond acceptors (Lipinski definition) is 4. The van der Waals surface area contributed by atoms with Gasteiger partial charge >= 0.3 is 0 Å². The van der Waals surface area contributed by atoms with Gasteiger partial charge in [-0.15, -0.1) is 0 Å². The highest BCUT2D eigenvalue weighted by atomic mass is 32.2. The molecule has 1 aromatic heterocycles. The summed E-state index contributed by atoms with van der Waals surface area (Å²) < 4.78 is 25.2. The predicted octanol–water partition coefficient (Wildman–Crippen LogP) is 3.79. The van der Waals surface area contributed by atoms with Gasteiger partial charge in [0, 0.05) is 44.0 Å². The van der Waals surface area contributed by atoms with Crippen molar-refractivity contribution in [2.24, 2.45) is 0 Å². The second-order valence-corrected chi connectivity index (χ2v) is 10.0. The van der Waals surface area contributed by atoms with Crippen LogP contribution in [-0.4, -0.2) is 48.5 Å². The molecular weight excluding hydrogens is 424 g/mol. The van der Waals surface area contributed by atoms with Gasteiger partial charge in [-0.25, -0.2) is 13.4 Å². The van der Waals surface area contributed by atoms with Crippen molar-refractivity contribution in [3.8, 4) is 11.1 Å². The highest BCUT2D eigenvalue weighted by molar-refractivity contribution is 7.92. The number of benzene rings is 2. The number of H-pyrrole nitrogens is 1. The van der Waals surface area contributed by atoms with Gasteiger partial charge in [0.05, 0.1) is 6.26 Å². The van der Waals surface area contributed by atoms with Crippen LogP contribution in [0.5, 0.6) is 0 Å². The van der Waals surface area contributed by atoms with E-state index in [0.29, 0.717) is 24.4 Å². The van der Waals surface area contributed by atoms with Gasteiger partial charge in [0.25, 0.3) is 0 Å². The molecule has 168 valence electrons. The molecule has 0 radical (unpaired) electrons. The minimum absolute atomic E-state index is 0.198. The zero-order valence-corrected chi connectivity index (χ0v) is 18.9. The first-order valence-electron chi connectivity index (χ1n) is 10.8. The standard InChI is InChI=1S/C24H28N4O3S/c1-32(30,31)27-22-8-6-20(7-9-22)18-2-4-19(5-3-18)21-12-16-28(17-13-21)24(29)11-10-23-25-14-15-26-23/h2-9,14-15,21,27H,10-13,16-17H2,1H3,(H,25,26). The van der Waals surface area contributed by atoms with Crippen LogP contribution in [-0.2, 0) is 21.2 Å². The average molecular weight is 453 g/mol. The number of imidazole rings is 1. The molecule has 4 rings (SSSR count). The summed E-state index contributed by atoms with van der Waals surface area (Å²) in [6.45, 7) is 1.58. The molecule has 1 fully saturated rings. The van der Waals surface area contributed by atoms with Gasteiger partial charge in [0.1, 0.15) is 5.82 Å². The van der Waals surface area contributed by atoms with E-state index in [-0.39, 0.29) is 5.91 Å². The van der Waals surface area contributed by atoms with Crippen molar-refractivity contribution in [2.45, 2.75) is 31.6 Å². The number of carbonyl (C=O) groups excluding carboxylic acids is 1. The lowest BCUT2D eigenvalue weighted by Crippen LogP contribution is -2.38. The molecule has 0 spiro atoms. The number of sulfonamides is 1. The van der Waals surface area contributed by atoms with E-state index >= 15 is 0 Å². The lowest BCUT2D eigenvalue weighted by Gasteiger charge is -2.32. The Hall–Kier alpha value is -3.13. The number of anilines is 1. The Balaban J connectivity index is 1.30. The second-order valence-electron chi connectivity index (χ2n) is 8.26. The predicted molar refractivity (Wildman–Crippen MR) is 126 cm³/mol. The Morgan fingerprint density at radius 3 is 2.25 bits per heavy atom. The van der Waals surface area contributed by atoms with Crippen LogP contribution in [0, 0.1) is 0 Å². The molecule has 2 heterocycles. The molecule has 7 nitrogen and oxygen atoms in total. The van der Waals surface area contributed by atoms with E-state index in [1.54, 1.807) is 24.5 Å². The van der Waals surface area contributed by atoms with Crippen molar-refractivity contribution in [3.63, 3.8) is 0 Å². The van der Waals surface area contributed by atoms with Gasteiger partial charge in [0.2, 0.25) is 15.9 Å². The first kappa shape index (κ1) is 22.1. The summed E-state index contributed by atoms with van der Waals surface area (Å²) in [6.07, 6.45) is 7.71. The van der Waals surface area contributed by atoms with Gasteiger partial charge in [-0.3, -0.25) is 9.52 Å². The minimum Gasteiger partial charge on any atom is -0.349 e. The van der Waals surface area contributed by atoms with Crippen LogP contribution in [0.25, 0.3) is 11.1 Å². The van der Waals surface area contributed by atoms with Gasteiger partial charge < -0.3 is 9.88 Å². The lowest BCUT2D eigenvalue weighted by molar-refractivity contribution is -0.132. The van der Waals surface area contributed by atoms with Crippen LogP contribution in [0.3, 0.4) is 0 Å². The zero-order valence-electron chi connectivity index (χ0n) is 18.1. The minimum atomic E-state index is -3.27. The summed E-state index contributed by atoms with van der Waals surface area (Å²) in [7, 11) is -3.27. The number of aryl methyl sites for hydroxylation is 1. The number of carbonyl (C=O) groups is 1. The molecule has 32 heavy (non-hydrogen) atoms. The molecular formula is C24H28N4O3S. The maximum absolute atomic E-state index is 12.5. The largest absolute Gasteiger partial charge is 0.349 e. The van der Waals surface area contributed by atoms with E-state index in [1.165, 1.54) is 5.56 Å². The second kappa shape index (κ2) is 9.56. The molecule has 3 aromatic rings. The van der Waals surface area contributed by atoms with Gasteiger partial charge in [-0.2, -0.15) is 0 Å². The van der Waals surface area contributed by atoms with Crippen LogP contribution in [0.4, 0.5) is 5.69 Å². The van der Waals surface area contributed by atoms with Gasteiger partial charge in [0.15, 0.2) is 0 Å². The Morgan fingerprint density at radius 1 is 1.06 bits per heavy atom. The van der Waals surface area contributed by atoms with Crippen molar-refractivity contribution in [3.05, 3.63) is 72.3 Å². The van der Waals surface area contributed by atoms with E-state index < -0.39 is 10.0 Å².